The van der Waals surface area contributed by atoms with Crippen LogP contribution in [0.3, 0.4) is 0 Å². The minimum absolute atomic E-state index is 0.00986. The third-order valence-electron chi connectivity index (χ3n) is 12.8. The second-order valence-electron chi connectivity index (χ2n) is 17.2. The number of hydrogen-bond acceptors (Lipinski definition) is 17. The van der Waals surface area contributed by atoms with Crippen molar-refractivity contribution in [3.8, 4) is 0 Å². The maximum atomic E-state index is 13.6. The predicted octanol–water partition coefficient (Wildman–Crippen LogP) is 4.33. The lowest BCUT2D eigenvalue weighted by molar-refractivity contribution is -0.136. The molecule has 2 N–H and O–H groups in total. The van der Waals surface area contributed by atoms with Crippen molar-refractivity contribution in [2.45, 2.75) is 75.8 Å². The molecule has 1 aliphatic carbocycles. The minimum Gasteiger partial charge on any atom is -0.379 e. The fourth-order valence-electron chi connectivity index (χ4n) is 9.27. The molecule has 1 atom stereocenters. The van der Waals surface area contributed by atoms with Crippen LogP contribution in [0.2, 0.25) is 0 Å². The number of carbonyl (C=O) groups is 5. The number of rotatable bonds is 23. The summed E-state index contributed by atoms with van der Waals surface area (Å²) in [5.74, 6) is -0.825. The molecule has 2 saturated heterocycles. The Balaban J connectivity index is 0.645. The van der Waals surface area contributed by atoms with E-state index in [0.717, 1.165) is 75.4 Å². The lowest BCUT2D eigenvalue weighted by atomic mass is 10.0. The fourth-order valence-corrected chi connectivity index (χ4v) is 10.2. The summed E-state index contributed by atoms with van der Waals surface area (Å²) in [7, 11) is 0. The molecule has 0 radical (unpaired) electrons. The number of hydrogen-bond donors (Lipinski definition) is 2. The Kier molecular flexibility index (Phi) is 16.6. The summed E-state index contributed by atoms with van der Waals surface area (Å²) < 4.78 is 24.4. The number of piperazine rings is 1. The van der Waals surface area contributed by atoms with Crippen LogP contribution >= 0.6 is 11.8 Å². The van der Waals surface area contributed by atoms with Crippen molar-refractivity contribution >= 4 is 69.7 Å². The molecular weight excluding hydrogens is 895 g/mol. The molecule has 3 aliphatic heterocycles. The highest BCUT2D eigenvalue weighted by molar-refractivity contribution is 7.99. The van der Waals surface area contributed by atoms with E-state index in [9.17, 15) is 28.8 Å². The van der Waals surface area contributed by atoms with Crippen molar-refractivity contribution in [1.82, 2.24) is 34.6 Å². The number of carbonyl (C=O) groups excluding carboxylic acids is 5. The van der Waals surface area contributed by atoms with E-state index in [1.807, 2.05) is 18.3 Å². The number of piperidine rings is 1. The topological polar surface area (TPSA) is 217 Å². The summed E-state index contributed by atoms with van der Waals surface area (Å²) in [4.78, 5) is 96.6. The molecular formula is C48H59N9O10S. The van der Waals surface area contributed by atoms with Crippen molar-refractivity contribution in [3.63, 3.8) is 0 Å². The van der Waals surface area contributed by atoms with Crippen LogP contribution in [0.15, 0.2) is 52.4 Å². The number of fused-ring (bicyclic) bond motifs is 2. The average Bonchev–Trinajstić information content (AvgIpc) is 3.95. The Hall–Kier alpha value is -5.64. The maximum absolute atomic E-state index is 13.6. The number of pyridine rings is 2. The number of ketones is 1. The van der Waals surface area contributed by atoms with Gasteiger partial charge in [-0.25, -0.2) is 9.97 Å². The number of nitrogens with one attached hydrogen (secondary N) is 2. The highest BCUT2D eigenvalue weighted by Gasteiger charge is 2.45. The van der Waals surface area contributed by atoms with Gasteiger partial charge in [-0.3, -0.25) is 48.5 Å². The summed E-state index contributed by atoms with van der Waals surface area (Å²) in [6.07, 6.45) is 8.51. The summed E-state index contributed by atoms with van der Waals surface area (Å²) in [6, 6.07) is 8.04. The molecule has 4 aliphatic rings. The largest absolute Gasteiger partial charge is 0.379 e. The molecule has 1 unspecified atom stereocenters. The van der Waals surface area contributed by atoms with Gasteiger partial charge in [-0.2, -0.15) is 4.98 Å². The standard InChI is InChI=1S/C48H59N9O10S/c1-31-36-30-50-48(53-43(36)56(33-7-3-4-8-33)46(62)41(31)32(2)58)51-39-13-11-34(29-49-39)55-18-16-54(17-19-55)15-6-20-64-21-22-65-23-24-66-25-26-67-27-28-68-38-10-5-9-35-42(38)47(63)57(45(35)61)37-12-14-40(59)52-44(37)60/h5,9-11,13,29-30,33,37H,3-4,6-8,12,14-28H2,1-2H3,(H,52,59,60)(H,49,50,51,53). The number of anilines is 3. The van der Waals surface area contributed by atoms with E-state index in [4.69, 9.17) is 23.9 Å². The minimum atomic E-state index is -0.997. The molecule has 8 rings (SSSR count). The summed E-state index contributed by atoms with van der Waals surface area (Å²) in [6.45, 7) is 11.6. The number of nitrogens with zero attached hydrogens (tertiary/aromatic N) is 7. The van der Waals surface area contributed by atoms with Crippen LogP contribution in [-0.2, 0) is 28.5 Å². The molecule has 4 aromatic rings. The molecule has 1 aromatic carbocycles. The fraction of sp³-hybridized carbons (Fsp3) is 0.521. The summed E-state index contributed by atoms with van der Waals surface area (Å²) >= 11 is 1.40. The number of ether oxygens (including phenoxy) is 4. The molecule has 0 bridgehead atoms. The van der Waals surface area contributed by atoms with Crippen molar-refractivity contribution in [1.29, 1.82) is 0 Å². The first-order valence-corrected chi connectivity index (χ1v) is 24.5. The molecule has 0 spiro atoms. The third-order valence-corrected chi connectivity index (χ3v) is 13.8. The van der Waals surface area contributed by atoms with Crippen molar-refractivity contribution < 1.29 is 42.9 Å². The van der Waals surface area contributed by atoms with Crippen molar-refractivity contribution in [2.75, 3.05) is 102 Å². The van der Waals surface area contributed by atoms with Gasteiger partial charge < -0.3 is 29.2 Å². The summed E-state index contributed by atoms with van der Waals surface area (Å²) in [5, 5.41) is 6.13. The van der Waals surface area contributed by atoms with E-state index in [2.05, 4.69) is 30.4 Å². The van der Waals surface area contributed by atoms with Gasteiger partial charge in [0.05, 0.1) is 74.8 Å². The number of Topliss-reactive ketones (excluding diaryl/α,β-unsaturated/α-hetero) is 1. The van der Waals surface area contributed by atoms with Gasteiger partial charge >= 0.3 is 0 Å². The van der Waals surface area contributed by atoms with Gasteiger partial charge in [0.15, 0.2) is 5.78 Å². The van der Waals surface area contributed by atoms with Crippen molar-refractivity contribution in [3.05, 3.63) is 75.3 Å². The van der Waals surface area contributed by atoms with Gasteiger partial charge in [0.2, 0.25) is 17.8 Å². The van der Waals surface area contributed by atoms with E-state index < -0.39 is 29.7 Å². The SMILES string of the molecule is CC(=O)c1c(C)c2cnc(Nc3ccc(N4CCN(CCCOCCOCCOCCOCCSc5cccc6c5C(=O)N(C5CCC(=O)NC5=O)C6=O)CC4)cn3)nc2n(C2CCCC2)c1=O. The van der Waals surface area contributed by atoms with Gasteiger partial charge in [-0.05, 0) is 69.4 Å². The van der Waals surface area contributed by atoms with Crippen LogP contribution in [0, 0.1) is 6.92 Å². The van der Waals surface area contributed by atoms with Gasteiger partial charge in [-0.15, -0.1) is 11.8 Å². The zero-order valence-electron chi connectivity index (χ0n) is 38.7. The monoisotopic (exact) mass is 953 g/mol. The van der Waals surface area contributed by atoms with Crippen LogP contribution in [0.4, 0.5) is 17.5 Å². The molecule has 3 fully saturated rings. The Morgan fingerprint density at radius 2 is 1.53 bits per heavy atom. The highest BCUT2D eigenvalue weighted by atomic mass is 32.2. The van der Waals surface area contributed by atoms with Gasteiger partial charge in [0, 0.05) is 74.0 Å². The van der Waals surface area contributed by atoms with Gasteiger partial charge in [0.1, 0.15) is 17.5 Å². The Labute approximate surface area is 398 Å². The van der Waals surface area contributed by atoms with E-state index in [-0.39, 0.29) is 46.9 Å². The lowest BCUT2D eigenvalue weighted by Gasteiger charge is -2.36. The smallest absolute Gasteiger partial charge is 0.263 e. The number of aromatic nitrogens is 4. The number of amides is 4. The van der Waals surface area contributed by atoms with Crippen LogP contribution in [0.5, 0.6) is 0 Å². The van der Waals surface area contributed by atoms with Crippen LogP contribution in [-0.4, -0.2) is 156 Å². The Bertz CT molecular complexity index is 2540. The predicted molar refractivity (Wildman–Crippen MR) is 254 cm³/mol. The lowest BCUT2D eigenvalue weighted by Crippen LogP contribution is -2.54. The third kappa shape index (κ3) is 11.4. The normalized spacial score (nSPS) is 17.9. The number of aryl methyl sites for hydroxylation is 1. The zero-order valence-corrected chi connectivity index (χ0v) is 39.5. The number of thioether (sulfide) groups is 1. The first kappa shape index (κ1) is 48.8. The Morgan fingerprint density at radius 1 is 0.824 bits per heavy atom. The van der Waals surface area contributed by atoms with E-state index in [0.29, 0.717) is 91.9 Å². The molecule has 6 heterocycles. The second-order valence-corrected chi connectivity index (χ2v) is 18.4. The van der Waals surface area contributed by atoms with Gasteiger partial charge in [0.25, 0.3) is 17.4 Å². The molecule has 1 saturated carbocycles. The molecule has 68 heavy (non-hydrogen) atoms. The highest BCUT2D eigenvalue weighted by Crippen LogP contribution is 2.35. The molecule has 4 amide bonds. The first-order chi connectivity index (χ1) is 33.1. The molecule has 362 valence electrons. The van der Waals surface area contributed by atoms with E-state index in [1.54, 1.807) is 35.9 Å². The molecule has 19 nitrogen and oxygen atoms in total. The zero-order chi connectivity index (χ0) is 47.6. The number of benzene rings is 1. The number of imide groups is 2. The van der Waals surface area contributed by atoms with E-state index in [1.165, 1.54) is 18.7 Å². The summed E-state index contributed by atoms with van der Waals surface area (Å²) in [5.41, 5.74) is 2.69. The van der Waals surface area contributed by atoms with Crippen LogP contribution in [0.1, 0.15) is 94.5 Å². The van der Waals surface area contributed by atoms with Gasteiger partial charge in [-0.1, -0.05) is 18.9 Å². The molecule has 3 aromatic heterocycles. The maximum Gasteiger partial charge on any atom is 0.263 e. The van der Waals surface area contributed by atoms with Crippen LogP contribution < -0.4 is 21.1 Å². The quantitative estimate of drug-likeness (QED) is 0.0458. The molecule has 20 heteroatoms. The van der Waals surface area contributed by atoms with E-state index >= 15 is 0 Å². The van der Waals surface area contributed by atoms with Crippen LogP contribution in [0.25, 0.3) is 11.0 Å². The Morgan fingerprint density at radius 3 is 2.21 bits per heavy atom. The first-order valence-electron chi connectivity index (χ1n) is 23.5. The van der Waals surface area contributed by atoms with Crippen molar-refractivity contribution in [2.24, 2.45) is 0 Å². The average molecular weight is 954 g/mol. The second kappa shape index (κ2) is 23.1.